The van der Waals surface area contributed by atoms with Crippen LogP contribution in [0.1, 0.15) is 5.56 Å². The number of halogens is 1. The maximum atomic E-state index is 10.7. The Bertz CT molecular complexity index is 1050. The van der Waals surface area contributed by atoms with Gasteiger partial charge in [0, 0.05) is 29.1 Å². The molecule has 8 heteroatoms. The first-order chi connectivity index (χ1) is 13.1. The minimum Gasteiger partial charge on any atom is -0.311 e. The molecular weight excluding hydrogens is 384 g/mol. The number of hydrogen-bond acceptors (Lipinski definition) is 5. The van der Waals surface area contributed by atoms with Crippen molar-refractivity contribution in [1.29, 1.82) is 0 Å². The number of hydrogen-bond donors (Lipinski definition) is 0. The van der Waals surface area contributed by atoms with Gasteiger partial charge >= 0.3 is 0 Å². The number of nitro groups is 1. The molecule has 0 bridgehead atoms. The van der Waals surface area contributed by atoms with Gasteiger partial charge in [-0.1, -0.05) is 29.8 Å². The number of rotatable bonds is 6. The van der Waals surface area contributed by atoms with Gasteiger partial charge in [-0.25, -0.2) is 0 Å². The summed E-state index contributed by atoms with van der Waals surface area (Å²) in [6, 6.07) is 13.7. The van der Waals surface area contributed by atoms with Crippen LogP contribution in [0.3, 0.4) is 0 Å². The van der Waals surface area contributed by atoms with Gasteiger partial charge in [-0.15, -0.1) is 23.0 Å². The summed E-state index contributed by atoms with van der Waals surface area (Å²) in [5.74, 6) is 0. The summed E-state index contributed by atoms with van der Waals surface area (Å²) in [7, 11) is 0. The zero-order chi connectivity index (χ0) is 19.2. The highest BCUT2D eigenvalue weighted by atomic mass is 35.5. The van der Waals surface area contributed by atoms with Crippen molar-refractivity contribution < 1.29 is 4.92 Å². The fourth-order valence-corrected chi connectivity index (χ4v) is 3.39. The Balaban J connectivity index is 1.90. The van der Waals surface area contributed by atoms with Crippen molar-refractivity contribution in [2.24, 2.45) is 10.2 Å². The average Bonchev–Trinajstić information content (AvgIpc) is 3.06. The van der Waals surface area contributed by atoms with Crippen molar-refractivity contribution in [2.75, 3.05) is 0 Å². The molecule has 0 atom stereocenters. The van der Waals surface area contributed by atoms with Crippen LogP contribution in [0.4, 0.5) is 5.69 Å². The zero-order valence-corrected chi connectivity index (χ0v) is 15.7. The number of non-ortho nitro benzene ring substituents is 1. The molecule has 1 aromatic heterocycles. The minimum absolute atomic E-state index is 0.0405. The lowest BCUT2D eigenvalue weighted by molar-refractivity contribution is -0.384. The van der Waals surface area contributed by atoms with Crippen LogP contribution in [0.15, 0.2) is 76.8 Å². The molecule has 0 aliphatic carbocycles. The summed E-state index contributed by atoms with van der Waals surface area (Å²) in [5, 5.41) is 21.8. The smallest absolute Gasteiger partial charge is 0.269 e. The molecule has 27 heavy (non-hydrogen) atoms. The lowest BCUT2D eigenvalue weighted by Gasteiger charge is -2.06. The van der Waals surface area contributed by atoms with E-state index in [0.29, 0.717) is 11.6 Å². The summed E-state index contributed by atoms with van der Waals surface area (Å²) in [6.45, 7) is 4.39. The molecule has 0 aliphatic rings. The number of nitrogens with zero attached hydrogens (tertiary/aromatic N) is 4. The van der Waals surface area contributed by atoms with Crippen LogP contribution in [0.2, 0.25) is 5.02 Å². The molecule has 0 N–H and O–H groups in total. The summed E-state index contributed by atoms with van der Waals surface area (Å²) in [4.78, 5) is 11.0. The van der Waals surface area contributed by atoms with Crippen molar-refractivity contribution in [3.63, 3.8) is 0 Å². The standard InChI is InChI=1S/C19H15ClN4O2S/c1-2-11-23-18(15-5-7-16(20)8-6-15)13-27-19(23)22-21-12-14-3-9-17(10-4-14)24(25)26/h2-10,12-13H,1,11H2/b21-12-,22-19-. The molecule has 2 aromatic carbocycles. The second-order valence-corrected chi connectivity index (χ2v) is 6.78. The number of aromatic nitrogens is 1. The van der Waals surface area contributed by atoms with Gasteiger partial charge < -0.3 is 4.57 Å². The third-order valence-corrected chi connectivity index (χ3v) is 4.81. The molecule has 0 aliphatic heterocycles. The van der Waals surface area contributed by atoms with Crippen molar-refractivity contribution in [3.8, 4) is 11.3 Å². The first-order valence-electron chi connectivity index (χ1n) is 7.95. The summed E-state index contributed by atoms with van der Waals surface area (Å²) < 4.78 is 2.01. The molecule has 6 nitrogen and oxygen atoms in total. The molecule has 1 heterocycles. The van der Waals surface area contributed by atoms with Gasteiger partial charge in [0.15, 0.2) is 0 Å². The van der Waals surface area contributed by atoms with E-state index < -0.39 is 4.92 Å². The number of allylic oxidation sites excluding steroid dienone is 1. The van der Waals surface area contributed by atoms with Crippen molar-refractivity contribution >= 4 is 34.8 Å². The van der Waals surface area contributed by atoms with Gasteiger partial charge in [-0.2, -0.15) is 5.10 Å². The Kier molecular flexibility index (Phi) is 5.95. The fourth-order valence-electron chi connectivity index (χ4n) is 2.39. The molecule has 0 amide bonds. The van der Waals surface area contributed by atoms with E-state index in [0.717, 1.165) is 21.6 Å². The SMILES string of the molecule is C=CCn1c(-c2ccc(Cl)cc2)cs/c1=N\N=C/c1ccc([N+](=O)[O-])cc1. The highest BCUT2D eigenvalue weighted by Gasteiger charge is 2.07. The molecule has 0 fully saturated rings. The van der Waals surface area contributed by atoms with E-state index in [1.54, 1.807) is 24.4 Å². The molecule has 0 radical (unpaired) electrons. The fraction of sp³-hybridized carbons (Fsp3) is 0.0526. The molecule has 0 unspecified atom stereocenters. The summed E-state index contributed by atoms with van der Waals surface area (Å²) in [5.41, 5.74) is 2.80. The van der Waals surface area contributed by atoms with E-state index in [2.05, 4.69) is 16.8 Å². The second-order valence-electron chi connectivity index (χ2n) is 5.50. The Morgan fingerprint density at radius 3 is 2.52 bits per heavy atom. The molecule has 0 saturated heterocycles. The van der Waals surface area contributed by atoms with E-state index in [1.165, 1.54) is 23.5 Å². The van der Waals surface area contributed by atoms with Gasteiger partial charge in [0.25, 0.3) is 5.69 Å². The average molecular weight is 399 g/mol. The van der Waals surface area contributed by atoms with E-state index in [-0.39, 0.29) is 5.69 Å². The lowest BCUT2D eigenvalue weighted by Crippen LogP contribution is -2.14. The molecule has 0 saturated carbocycles. The maximum absolute atomic E-state index is 10.7. The first kappa shape index (κ1) is 18.8. The largest absolute Gasteiger partial charge is 0.311 e. The number of nitro benzene ring substituents is 1. The first-order valence-corrected chi connectivity index (χ1v) is 9.21. The Morgan fingerprint density at radius 1 is 1.19 bits per heavy atom. The highest BCUT2D eigenvalue weighted by molar-refractivity contribution is 7.07. The number of thiazole rings is 1. The third-order valence-electron chi connectivity index (χ3n) is 3.70. The quantitative estimate of drug-likeness (QED) is 0.256. The van der Waals surface area contributed by atoms with E-state index >= 15 is 0 Å². The molecule has 0 spiro atoms. The van der Waals surface area contributed by atoms with Crippen molar-refractivity contribution in [2.45, 2.75) is 6.54 Å². The molecule has 3 aromatic rings. The third kappa shape index (κ3) is 4.58. The number of benzene rings is 2. The monoisotopic (exact) mass is 398 g/mol. The van der Waals surface area contributed by atoms with E-state index in [1.807, 2.05) is 34.2 Å². The van der Waals surface area contributed by atoms with Crippen molar-refractivity contribution in [1.82, 2.24) is 4.57 Å². The van der Waals surface area contributed by atoms with Gasteiger partial charge in [-0.05, 0) is 35.4 Å². The van der Waals surface area contributed by atoms with Crippen LogP contribution in [-0.2, 0) is 6.54 Å². The molecule has 136 valence electrons. The van der Waals surface area contributed by atoms with Crippen LogP contribution < -0.4 is 4.80 Å². The van der Waals surface area contributed by atoms with Crippen LogP contribution >= 0.6 is 22.9 Å². The minimum atomic E-state index is -0.437. The molecular formula is C19H15ClN4O2S. The van der Waals surface area contributed by atoms with Gasteiger partial charge in [0.1, 0.15) is 0 Å². The molecule has 3 rings (SSSR count). The Hall–Kier alpha value is -3.03. The maximum Gasteiger partial charge on any atom is 0.269 e. The second kappa shape index (κ2) is 8.57. The van der Waals surface area contributed by atoms with Crippen LogP contribution in [-0.4, -0.2) is 15.7 Å². The lowest BCUT2D eigenvalue weighted by atomic mass is 10.2. The van der Waals surface area contributed by atoms with E-state index in [9.17, 15) is 10.1 Å². The zero-order valence-electron chi connectivity index (χ0n) is 14.2. The van der Waals surface area contributed by atoms with Crippen molar-refractivity contribution in [3.05, 3.63) is 92.1 Å². The van der Waals surface area contributed by atoms with Crippen LogP contribution in [0.5, 0.6) is 0 Å². The highest BCUT2D eigenvalue weighted by Crippen LogP contribution is 2.22. The van der Waals surface area contributed by atoms with Gasteiger partial charge in [0.2, 0.25) is 4.80 Å². The Morgan fingerprint density at radius 2 is 1.89 bits per heavy atom. The predicted molar refractivity (Wildman–Crippen MR) is 109 cm³/mol. The topological polar surface area (TPSA) is 72.8 Å². The van der Waals surface area contributed by atoms with Crippen LogP contribution in [0, 0.1) is 10.1 Å². The predicted octanol–water partition coefficient (Wildman–Crippen LogP) is 4.90. The Labute approximate surface area is 164 Å². The summed E-state index contributed by atoms with van der Waals surface area (Å²) in [6.07, 6.45) is 3.36. The normalized spacial score (nSPS) is 11.8. The summed E-state index contributed by atoms with van der Waals surface area (Å²) >= 11 is 7.43. The van der Waals surface area contributed by atoms with Gasteiger partial charge in [0.05, 0.1) is 16.8 Å². The van der Waals surface area contributed by atoms with E-state index in [4.69, 9.17) is 11.6 Å². The van der Waals surface area contributed by atoms with Crippen LogP contribution in [0.25, 0.3) is 11.3 Å². The van der Waals surface area contributed by atoms with Gasteiger partial charge in [-0.3, -0.25) is 10.1 Å².